The predicted molar refractivity (Wildman–Crippen MR) is 91.3 cm³/mol. The quantitative estimate of drug-likeness (QED) is 0.327. The Kier molecular flexibility index (Phi) is 11.8. The molecule has 126 valence electrons. The Labute approximate surface area is 133 Å². The van der Waals surface area contributed by atoms with E-state index in [0.29, 0.717) is 18.3 Å². The summed E-state index contributed by atoms with van der Waals surface area (Å²) in [5, 5.41) is 0. The molecule has 0 bridgehead atoms. The summed E-state index contributed by atoms with van der Waals surface area (Å²) in [5.41, 5.74) is 0. The number of ether oxygens (including phenoxy) is 1. The van der Waals surface area contributed by atoms with Gasteiger partial charge in [0.2, 0.25) is 0 Å². The summed E-state index contributed by atoms with van der Waals surface area (Å²) in [5.74, 6) is 1.81. The van der Waals surface area contributed by atoms with Gasteiger partial charge >= 0.3 is 5.97 Å². The SMILES string of the molecule is CCCCCC(C)CCC(OC(=O)CC)C(C)CC(C)C. The van der Waals surface area contributed by atoms with E-state index in [1.165, 1.54) is 32.1 Å². The molecule has 3 atom stereocenters. The highest BCUT2D eigenvalue weighted by Gasteiger charge is 2.22. The fraction of sp³-hybridized carbons (Fsp3) is 0.947. The van der Waals surface area contributed by atoms with E-state index in [-0.39, 0.29) is 12.1 Å². The third kappa shape index (κ3) is 10.8. The van der Waals surface area contributed by atoms with Crippen LogP contribution < -0.4 is 0 Å². The van der Waals surface area contributed by atoms with Gasteiger partial charge in [0.1, 0.15) is 6.10 Å². The molecule has 21 heavy (non-hydrogen) atoms. The molecule has 0 aromatic rings. The molecule has 0 saturated carbocycles. The standard InChI is InChI=1S/C19H38O2/c1-7-9-10-11-16(5)12-13-18(21-19(20)8-2)17(6)14-15(3)4/h15-18H,7-14H2,1-6H3. The van der Waals surface area contributed by atoms with E-state index in [0.717, 1.165) is 18.8 Å². The minimum atomic E-state index is -0.0470. The van der Waals surface area contributed by atoms with E-state index < -0.39 is 0 Å². The Morgan fingerprint density at radius 3 is 2.14 bits per heavy atom. The van der Waals surface area contributed by atoms with Crippen LogP contribution in [0.5, 0.6) is 0 Å². The van der Waals surface area contributed by atoms with Crippen molar-refractivity contribution in [1.29, 1.82) is 0 Å². The van der Waals surface area contributed by atoms with Crippen LogP contribution in [0.15, 0.2) is 0 Å². The lowest BCUT2D eigenvalue weighted by atomic mass is 9.88. The summed E-state index contributed by atoms with van der Waals surface area (Å²) in [6, 6.07) is 0. The van der Waals surface area contributed by atoms with E-state index in [9.17, 15) is 4.79 Å². The lowest BCUT2D eigenvalue weighted by molar-refractivity contribution is -0.152. The number of carbonyl (C=O) groups excluding carboxylic acids is 1. The summed E-state index contributed by atoms with van der Waals surface area (Å²) < 4.78 is 5.70. The molecule has 0 rings (SSSR count). The Morgan fingerprint density at radius 2 is 1.62 bits per heavy atom. The van der Waals surface area contributed by atoms with Gasteiger partial charge in [0.15, 0.2) is 0 Å². The van der Waals surface area contributed by atoms with Crippen molar-refractivity contribution in [2.45, 2.75) is 99.0 Å². The summed E-state index contributed by atoms with van der Waals surface area (Å²) in [4.78, 5) is 11.6. The smallest absolute Gasteiger partial charge is 0.305 e. The van der Waals surface area contributed by atoms with Crippen LogP contribution in [-0.4, -0.2) is 12.1 Å². The van der Waals surface area contributed by atoms with Crippen molar-refractivity contribution in [2.24, 2.45) is 17.8 Å². The molecule has 0 aliphatic rings. The largest absolute Gasteiger partial charge is 0.462 e. The normalized spacial score (nSPS) is 15.8. The highest BCUT2D eigenvalue weighted by Crippen LogP contribution is 2.24. The minimum Gasteiger partial charge on any atom is -0.462 e. The van der Waals surface area contributed by atoms with Gasteiger partial charge in [0.05, 0.1) is 0 Å². The van der Waals surface area contributed by atoms with Crippen molar-refractivity contribution in [1.82, 2.24) is 0 Å². The fourth-order valence-electron chi connectivity index (χ4n) is 2.94. The van der Waals surface area contributed by atoms with Gasteiger partial charge < -0.3 is 4.74 Å². The van der Waals surface area contributed by atoms with Gasteiger partial charge in [-0.25, -0.2) is 0 Å². The molecule has 0 aliphatic carbocycles. The third-order valence-electron chi connectivity index (χ3n) is 4.29. The molecule has 0 radical (unpaired) electrons. The molecule has 0 heterocycles. The molecule has 3 unspecified atom stereocenters. The van der Waals surface area contributed by atoms with Crippen LogP contribution >= 0.6 is 0 Å². The second-order valence-corrected chi connectivity index (χ2v) is 7.17. The molecule has 0 amide bonds. The van der Waals surface area contributed by atoms with Crippen LogP contribution in [0.4, 0.5) is 0 Å². The zero-order valence-corrected chi connectivity index (χ0v) is 15.3. The van der Waals surface area contributed by atoms with Gasteiger partial charge in [0, 0.05) is 6.42 Å². The highest BCUT2D eigenvalue weighted by molar-refractivity contribution is 5.69. The summed E-state index contributed by atoms with van der Waals surface area (Å²) in [7, 11) is 0. The van der Waals surface area contributed by atoms with Crippen LogP contribution in [0.3, 0.4) is 0 Å². The van der Waals surface area contributed by atoms with E-state index in [1.807, 2.05) is 6.92 Å². The molecule has 0 saturated heterocycles. The summed E-state index contributed by atoms with van der Waals surface area (Å²) >= 11 is 0. The van der Waals surface area contributed by atoms with Gasteiger partial charge in [-0.3, -0.25) is 4.79 Å². The highest BCUT2D eigenvalue weighted by atomic mass is 16.5. The second kappa shape index (κ2) is 12.1. The fourth-order valence-corrected chi connectivity index (χ4v) is 2.94. The van der Waals surface area contributed by atoms with Gasteiger partial charge in [-0.05, 0) is 37.0 Å². The topological polar surface area (TPSA) is 26.3 Å². The molecule has 0 aliphatic heterocycles. The first-order valence-electron chi connectivity index (χ1n) is 9.10. The predicted octanol–water partition coefficient (Wildman–Crippen LogP) is 5.99. The molecule has 0 N–H and O–H groups in total. The first-order chi connectivity index (χ1) is 9.90. The monoisotopic (exact) mass is 298 g/mol. The maximum absolute atomic E-state index is 11.6. The molecule has 0 aromatic heterocycles. The molecule has 0 aromatic carbocycles. The molecule has 0 spiro atoms. The van der Waals surface area contributed by atoms with Crippen LogP contribution in [0.1, 0.15) is 92.9 Å². The molecule has 0 fully saturated rings. The Balaban J connectivity index is 4.28. The van der Waals surface area contributed by atoms with Gasteiger partial charge in [-0.1, -0.05) is 67.2 Å². The maximum atomic E-state index is 11.6. The number of unbranched alkanes of at least 4 members (excludes halogenated alkanes) is 2. The first kappa shape index (κ1) is 20.5. The number of hydrogen-bond donors (Lipinski definition) is 0. The average molecular weight is 299 g/mol. The van der Waals surface area contributed by atoms with Crippen molar-refractivity contribution in [2.75, 3.05) is 0 Å². The zero-order chi connectivity index (χ0) is 16.3. The number of hydrogen-bond acceptors (Lipinski definition) is 2. The van der Waals surface area contributed by atoms with Crippen molar-refractivity contribution >= 4 is 5.97 Å². The van der Waals surface area contributed by atoms with Crippen molar-refractivity contribution in [3.05, 3.63) is 0 Å². The van der Waals surface area contributed by atoms with Crippen LogP contribution in [-0.2, 0) is 9.53 Å². The number of rotatable bonds is 12. The van der Waals surface area contributed by atoms with Crippen LogP contribution in [0, 0.1) is 17.8 Å². The molecule has 2 heteroatoms. The van der Waals surface area contributed by atoms with E-state index >= 15 is 0 Å². The second-order valence-electron chi connectivity index (χ2n) is 7.17. The van der Waals surface area contributed by atoms with Crippen molar-refractivity contribution in [3.8, 4) is 0 Å². The average Bonchev–Trinajstić information content (AvgIpc) is 2.42. The lowest BCUT2D eigenvalue weighted by Crippen LogP contribution is -2.26. The zero-order valence-electron chi connectivity index (χ0n) is 15.3. The Bertz CT molecular complexity index is 260. The van der Waals surface area contributed by atoms with Gasteiger partial charge in [0.25, 0.3) is 0 Å². The van der Waals surface area contributed by atoms with Gasteiger partial charge in [-0.2, -0.15) is 0 Å². The summed E-state index contributed by atoms with van der Waals surface area (Å²) in [6.07, 6.45) is 9.17. The molecular formula is C19H38O2. The van der Waals surface area contributed by atoms with E-state index in [2.05, 4.69) is 34.6 Å². The van der Waals surface area contributed by atoms with Crippen molar-refractivity contribution in [3.63, 3.8) is 0 Å². The Hall–Kier alpha value is -0.530. The van der Waals surface area contributed by atoms with Crippen molar-refractivity contribution < 1.29 is 9.53 Å². The first-order valence-corrected chi connectivity index (χ1v) is 9.10. The van der Waals surface area contributed by atoms with E-state index in [4.69, 9.17) is 4.74 Å². The summed E-state index contributed by atoms with van der Waals surface area (Å²) in [6.45, 7) is 13.2. The maximum Gasteiger partial charge on any atom is 0.305 e. The number of esters is 1. The minimum absolute atomic E-state index is 0.0470. The van der Waals surface area contributed by atoms with Crippen LogP contribution in [0.2, 0.25) is 0 Å². The van der Waals surface area contributed by atoms with Gasteiger partial charge in [-0.15, -0.1) is 0 Å². The Morgan fingerprint density at radius 1 is 0.952 bits per heavy atom. The van der Waals surface area contributed by atoms with Crippen LogP contribution in [0.25, 0.3) is 0 Å². The van der Waals surface area contributed by atoms with E-state index in [1.54, 1.807) is 0 Å². The third-order valence-corrected chi connectivity index (χ3v) is 4.29. The molecular weight excluding hydrogens is 260 g/mol. The lowest BCUT2D eigenvalue weighted by Gasteiger charge is -2.26. The number of carbonyl (C=O) groups is 1. The molecule has 2 nitrogen and oxygen atoms in total.